The van der Waals surface area contributed by atoms with Gasteiger partial charge in [0.1, 0.15) is 0 Å². The molecule has 2 N–H and O–H groups in total. The minimum absolute atomic E-state index is 0.797. The number of aryl methyl sites for hydroxylation is 1. The van der Waals surface area contributed by atoms with E-state index in [0.717, 1.165) is 59.2 Å². The van der Waals surface area contributed by atoms with Gasteiger partial charge in [-0.2, -0.15) is 5.10 Å². The van der Waals surface area contributed by atoms with Crippen molar-refractivity contribution in [2.75, 3.05) is 32.5 Å². The van der Waals surface area contributed by atoms with E-state index in [4.69, 9.17) is 0 Å². The van der Waals surface area contributed by atoms with Crippen molar-refractivity contribution < 1.29 is 0 Å². The van der Waals surface area contributed by atoms with Crippen LogP contribution in [0, 0.1) is 0 Å². The number of H-pyrrole nitrogens is 1. The quantitative estimate of drug-likeness (QED) is 0.687. The normalized spacial score (nSPS) is 11.6. The van der Waals surface area contributed by atoms with Gasteiger partial charge in [-0.25, -0.2) is 4.98 Å². The van der Waals surface area contributed by atoms with Crippen LogP contribution in [0.4, 0.5) is 5.69 Å². The Balaban J connectivity index is 2.03. The largest absolute Gasteiger partial charge is 0.384 e. The second kappa shape index (κ2) is 6.32. The van der Waals surface area contributed by atoms with Gasteiger partial charge in [0.25, 0.3) is 0 Å². The molecule has 3 rings (SSSR count). The number of anilines is 1. The summed E-state index contributed by atoms with van der Waals surface area (Å²) in [6.45, 7) is 4.15. The first-order valence-corrected chi connectivity index (χ1v) is 7.85. The van der Waals surface area contributed by atoms with Gasteiger partial charge in [-0.3, -0.25) is 5.10 Å². The van der Waals surface area contributed by atoms with E-state index < -0.39 is 0 Å². The summed E-state index contributed by atoms with van der Waals surface area (Å²) in [4.78, 5) is 6.88. The van der Waals surface area contributed by atoms with Gasteiger partial charge in [-0.15, -0.1) is 0 Å². The van der Waals surface area contributed by atoms with E-state index in [2.05, 4.69) is 58.5 Å². The van der Waals surface area contributed by atoms with Gasteiger partial charge in [0, 0.05) is 17.6 Å². The smallest absolute Gasteiger partial charge is 0.183 e. The lowest BCUT2D eigenvalue weighted by Crippen LogP contribution is -2.16. The Kier molecular flexibility index (Phi) is 4.24. The van der Waals surface area contributed by atoms with Crippen LogP contribution in [-0.2, 0) is 6.42 Å². The van der Waals surface area contributed by atoms with Crippen LogP contribution in [0.1, 0.15) is 19.0 Å². The highest BCUT2D eigenvalue weighted by Gasteiger charge is 2.14. The zero-order valence-electron chi connectivity index (χ0n) is 13.5. The number of benzene rings is 1. The highest BCUT2D eigenvalue weighted by molar-refractivity contribution is 6.07. The Bertz CT molecular complexity index is 775. The molecule has 2 aromatic heterocycles. The molecule has 0 aliphatic heterocycles. The Hall–Kier alpha value is -2.14. The fourth-order valence-electron chi connectivity index (χ4n) is 2.79. The number of para-hydroxylation sites is 1. The summed E-state index contributed by atoms with van der Waals surface area (Å²) in [5.41, 5.74) is 4.08. The minimum atomic E-state index is 0.797. The van der Waals surface area contributed by atoms with Gasteiger partial charge < -0.3 is 10.2 Å². The van der Waals surface area contributed by atoms with Crippen molar-refractivity contribution in [2.24, 2.45) is 0 Å². The number of nitrogens with zero attached hydrogens (tertiary/aromatic N) is 3. The standard InChI is InChI=1S/C17H23N5/c1-4-13-15-16(18-10-7-11-22(2)3)12-8-5-6-9-14(12)19-17(15)21-20-13/h5-6,8-9H,4,7,10-11H2,1-3H3,(H2,18,19,20,21). The number of hydrogen-bond acceptors (Lipinski definition) is 4. The van der Waals surface area contributed by atoms with E-state index in [9.17, 15) is 0 Å². The molecule has 0 saturated heterocycles. The van der Waals surface area contributed by atoms with Crippen molar-refractivity contribution in [2.45, 2.75) is 19.8 Å². The molecule has 3 aromatic rings. The van der Waals surface area contributed by atoms with Gasteiger partial charge >= 0.3 is 0 Å². The predicted octanol–water partition coefficient (Wildman–Crippen LogP) is 3.04. The number of fused-ring (bicyclic) bond motifs is 2. The Morgan fingerprint density at radius 3 is 2.82 bits per heavy atom. The fraction of sp³-hybridized carbons (Fsp3) is 0.412. The van der Waals surface area contributed by atoms with Crippen LogP contribution >= 0.6 is 0 Å². The monoisotopic (exact) mass is 297 g/mol. The maximum absolute atomic E-state index is 4.67. The fourth-order valence-corrected chi connectivity index (χ4v) is 2.79. The second-order valence-electron chi connectivity index (χ2n) is 5.84. The number of nitrogens with one attached hydrogen (secondary N) is 2. The number of hydrogen-bond donors (Lipinski definition) is 2. The van der Waals surface area contributed by atoms with Crippen molar-refractivity contribution in [1.82, 2.24) is 20.1 Å². The Labute approximate surface area is 130 Å². The van der Waals surface area contributed by atoms with Crippen LogP contribution in [0.15, 0.2) is 24.3 Å². The van der Waals surface area contributed by atoms with Gasteiger partial charge in [0.2, 0.25) is 0 Å². The molecule has 0 atom stereocenters. The number of pyridine rings is 1. The molecule has 0 aliphatic rings. The van der Waals surface area contributed by atoms with Crippen LogP contribution in [0.3, 0.4) is 0 Å². The van der Waals surface area contributed by atoms with Gasteiger partial charge in [-0.05, 0) is 39.5 Å². The SMILES string of the molecule is CCc1[nH]nc2nc3ccccc3c(NCCCN(C)C)c12. The van der Waals surface area contributed by atoms with Crippen molar-refractivity contribution in [1.29, 1.82) is 0 Å². The molecule has 5 heteroatoms. The molecule has 0 aliphatic carbocycles. The number of aromatic amines is 1. The van der Waals surface area contributed by atoms with E-state index >= 15 is 0 Å². The van der Waals surface area contributed by atoms with Crippen molar-refractivity contribution in [3.05, 3.63) is 30.0 Å². The van der Waals surface area contributed by atoms with E-state index in [1.165, 1.54) is 0 Å². The third-order valence-electron chi connectivity index (χ3n) is 3.91. The molecule has 0 radical (unpaired) electrons. The molecule has 5 nitrogen and oxygen atoms in total. The zero-order valence-corrected chi connectivity index (χ0v) is 13.5. The lowest BCUT2D eigenvalue weighted by atomic mass is 10.1. The van der Waals surface area contributed by atoms with E-state index in [1.807, 2.05) is 12.1 Å². The summed E-state index contributed by atoms with van der Waals surface area (Å²) < 4.78 is 0. The first-order valence-electron chi connectivity index (χ1n) is 7.85. The Morgan fingerprint density at radius 2 is 2.05 bits per heavy atom. The van der Waals surface area contributed by atoms with Crippen LogP contribution in [0.2, 0.25) is 0 Å². The van der Waals surface area contributed by atoms with Crippen LogP contribution in [0.25, 0.3) is 21.9 Å². The van der Waals surface area contributed by atoms with Crippen LogP contribution in [-0.4, -0.2) is 47.3 Å². The lowest BCUT2D eigenvalue weighted by Gasteiger charge is -2.13. The van der Waals surface area contributed by atoms with Gasteiger partial charge in [-0.1, -0.05) is 25.1 Å². The average Bonchev–Trinajstić information content (AvgIpc) is 2.93. The molecular formula is C17H23N5. The van der Waals surface area contributed by atoms with Gasteiger partial charge in [0.05, 0.1) is 16.6 Å². The van der Waals surface area contributed by atoms with Crippen molar-refractivity contribution >= 4 is 27.6 Å². The molecule has 0 bridgehead atoms. The van der Waals surface area contributed by atoms with E-state index in [-0.39, 0.29) is 0 Å². The minimum Gasteiger partial charge on any atom is -0.384 e. The summed E-state index contributed by atoms with van der Waals surface area (Å²) in [7, 11) is 4.20. The molecule has 2 heterocycles. The molecule has 0 fully saturated rings. The summed E-state index contributed by atoms with van der Waals surface area (Å²) in [6.07, 6.45) is 2.02. The average molecular weight is 297 g/mol. The summed E-state index contributed by atoms with van der Waals surface area (Å²) >= 11 is 0. The summed E-state index contributed by atoms with van der Waals surface area (Å²) in [5.74, 6) is 0. The summed E-state index contributed by atoms with van der Waals surface area (Å²) in [5, 5.41) is 13.4. The third kappa shape index (κ3) is 2.76. The van der Waals surface area contributed by atoms with E-state index in [1.54, 1.807) is 0 Å². The molecule has 116 valence electrons. The maximum atomic E-state index is 4.67. The molecule has 0 saturated carbocycles. The number of aromatic nitrogens is 3. The zero-order chi connectivity index (χ0) is 15.5. The first kappa shape index (κ1) is 14.8. The third-order valence-corrected chi connectivity index (χ3v) is 3.91. The molecule has 1 aromatic carbocycles. The van der Waals surface area contributed by atoms with Crippen LogP contribution < -0.4 is 5.32 Å². The molecule has 0 amide bonds. The molecular weight excluding hydrogens is 274 g/mol. The van der Waals surface area contributed by atoms with Crippen molar-refractivity contribution in [3.8, 4) is 0 Å². The Morgan fingerprint density at radius 1 is 1.23 bits per heavy atom. The summed E-state index contributed by atoms with van der Waals surface area (Å²) in [6, 6.07) is 8.25. The predicted molar refractivity (Wildman–Crippen MR) is 92.4 cm³/mol. The second-order valence-corrected chi connectivity index (χ2v) is 5.84. The number of rotatable bonds is 6. The van der Waals surface area contributed by atoms with Crippen LogP contribution in [0.5, 0.6) is 0 Å². The molecule has 22 heavy (non-hydrogen) atoms. The molecule has 0 unspecified atom stereocenters. The highest BCUT2D eigenvalue weighted by Crippen LogP contribution is 2.32. The highest BCUT2D eigenvalue weighted by atomic mass is 15.2. The lowest BCUT2D eigenvalue weighted by molar-refractivity contribution is 0.405. The van der Waals surface area contributed by atoms with E-state index in [0.29, 0.717) is 0 Å². The van der Waals surface area contributed by atoms with Crippen molar-refractivity contribution in [3.63, 3.8) is 0 Å². The topological polar surface area (TPSA) is 56.8 Å². The van der Waals surface area contributed by atoms with Gasteiger partial charge in [0.15, 0.2) is 5.65 Å². The molecule has 0 spiro atoms. The maximum Gasteiger partial charge on any atom is 0.183 e. The first-order chi connectivity index (χ1) is 10.7.